The standard InChI is InChI=1S/C13H22N4O2S/c1-13(2,3)19-12(18)14-7-9-5-4-6-10(9)16-11-17-15-8-20-11/h8-10H,4-7H2,1-3H3,(H,14,18)(H,16,17). The van der Waals surface area contributed by atoms with Crippen LogP contribution in [0.5, 0.6) is 0 Å². The number of aromatic nitrogens is 2. The molecule has 2 N–H and O–H groups in total. The minimum atomic E-state index is -0.454. The van der Waals surface area contributed by atoms with E-state index in [1.54, 1.807) is 5.51 Å². The van der Waals surface area contributed by atoms with Crippen LogP contribution in [0.3, 0.4) is 0 Å². The molecule has 112 valence electrons. The average molecular weight is 298 g/mol. The highest BCUT2D eigenvalue weighted by Crippen LogP contribution is 2.28. The number of hydrogen-bond acceptors (Lipinski definition) is 6. The van der Waals surface area contributed by atoms with Crippen LogP contribution in [0, 0.1) is 5.92 Å². The zero-order valence-corrected chi connectivity index (χ0v) is 13.0. The number of carbonyl (C=O) groups excluding carboxylic acids is 1. The lowest BCUT2D eigenvalue weighted by molar-refractivity contribution is 0.0519. The largest absolute Gasteiger partial charge is 0.444 e. The highest BCUT2D eigenvalue weighted by molar-refractivity contribution is 7.13. The first-order valence-corrected chi connectivity index (χ1v) is 7.81. The summed E-state index contributed by atoms with van der Waals surface area (Å²) in [5, 5.41) is 14.9. The van der Waals surface area contributed by atoms with Crippen molar-refractivity contribution in [2.24, 2.45) is 5.92 Å². The molecular weight excluding hydrogens is 276 g/mol. The lowest BCUT2D eigenvalue weighted by Gasteiger charge is -2.23. The third-order valence-corrected chi connectivity index (χ3v) is 3.86. The van der Waals surface area contributed by atoms with Crippen LogP contribution in [0.15, 0.2) is 5.51 Å². The molecule has 2 rings (SSSR count). The molecular formula is C13H22N4O2S. The molecule has 1 aliphatic rings. The van der Waals surface area contributed by atoms with Crippen LogP contribution in [0.25, 0.3) is 0 Å². The van der Waals surface area contributed by atoms with Gasteiger partial charge in [0, 0.05) is 12.6 Å². The van der Waals surface area contributed by atoms with Gasteiger partial charge in [0.2, 0.25) is 5.13 Å². The van der Waals surface area contributed by atoms with E-state index in [1.807, 2.05) is 20.8 Å². The maximum absolute atomic E-state index is 11.7. The van der Waals surface area contributed by atoms with Gasteiger partial charge in [-0.15, -0.1) is 10.2 Å². The Kier molecular flexibility index (Phi) is 4.80. The van der Waals surface area contributed by atoms with E-state index in [1.165, 1.54) is 11.3 Å². The molecule has 2 unspecified atom stereocenters. The Morgan fingerprint density at radius 1 is 1.50 bits per heavy atom. The summed E-state index contributed by atoms with van der Waals surface area (Å²) in [5.41, 5.74) is 1.26. The van der Waals surface area contributed by atoms with E-state index in [9.17, 15) is 4.79 Å². The van der Waals surface area contributed by atoms with Gasteiger partial charge >= 0.3 is 6.09 Å². The average Bonchev–Trinajstić information content (AvgIpc) is 2.96. The third-order valence-electron chi connectivity index (χ3n) is 3.24. The molecule has 7 heteroatoms. The quantitative estimate of drug-likeness (QED) is 0.893. The van der Waals surface area contributed by atoms with Crippen molar-refractivity contribution in [3.05, 3.63) is 5.51 Å². The molecule has 0 bridgehead atoms. The van der Waals surface area contributed by atoms with Crippen molar-refractivity contribution in [1.82, 2.24) is 15.5 Å². The van der Waals surface area contributed by atoms with E-state index in [4.69, 9.17) is 4.74 Å². The number of carbonyl (C=O) groups is 1. The molecule has 0 radical (unpaired) electrons. The summed E-state index contributed by atoms with van der Waals surface area (Å²) in [6.07, 6.45) is 3.02. The normalized spacial score (nSPS) is 22.6. The van der Waals surface area contributed by atoms with Crippen LogP contribution < -0.4 is 10.6 Å². The monoisotopic (exact) mass is 298 g/mol. The van der Waals surface area contributed by atoms with Gasteiger partial charge < -0.3 is 15.4 Å². The summed E-state index contributed by atoms with van der Waals surface area (Å²) < 4.78 is 5.25. The molecule has 0 aromatic carbocycles. The highest BCUT2D eigenvalue weighted by Gasteiger charge is 2.28. The van der Waals surface area contributed by atoms with Gasteiger partial charge in [0.05, 0.1) is 0 Å². The van der Waals surface area contributed by atoms with E-state index in [0.717, 1.165) is 24.4 Å². The topological polar surface area (TPSA) is 76.1 Å². The van der Waals surface area contributed by atoms with Gasteiger partial charge in [-0.05, 0) is 39.5 Å². The number of rotatable bonds is 4. The Morgan fingerprint density at radius 3 is 2.95 bits per heavy atom. The molecule has 2 atom stereocenters. The summed E-state index contributed by atoms with van der Waals surface area (Å²) in [5.74, 6) is 0.409. The maximum Gasteiger partial charge on any atom is 0.407 e. The number of hydrogen-bond donors (Lipinski definition) is 2. The zero-order chi connectivity index (χ0) is 14.6. The van der Waals surface area contributed by atoms with Gasteiger partial charge in [-0.1, -0.05) is 17.8 Å². The summed E-state index contributed by atoms with van der Waals surface area (Å²) in [6.45, 7) is 6.22. The first-order valence-electron chi connectivity index (χ1n) is 6.93. The number of amides is 1. The Hall–Kier alpha value is -1.37. The Labute approximate surface area is 123 Å². The minimum absolute atomic E-state index is 0.345. The van der Waals surface area contributed by atoms with Gasteiger partial charge in [0.1, 0.15) is 11.1 Å². The third kappa shape index (κ3) is 4.63. The molecule has 1 fully saturated rings. The molecule has 1 heterocycles. The summed E-state index contributed by atoms with van der Waals surface area (Å²) in [7, 11) is 0. The van der Waals surface area contributed by atoms with Crippen molar-refractivity contribution in [2.45, 2.75) is 51.7 Å². The van der Waals surface area contributed by atoms with Crippen molar-refractivity contribution < 1.29 is 9.53 Å². The van der Waals surface area contributed by atoms with Crippen molar-refractivity contribution in [2.75, 3.05) is 11.9 Å². The van der Waals surface area contributed by atoms with E-state index in [2.05, 4.69) is 20.8 Å². The number of ether oxygens (including phenoxy) is 1. The van der Waals surface area contributed by atoms with Gasteiger partial charge in [-0.2, -0.15) is 0 Å². The Morgan fingerprint density at radius 2 is 2.30 bits per heavy atom. The molecule has 1 aromatic rings. The van der Waals surface area contributed by atoms with E-state index >= 15 is 0 Å². The predicted octanol–water partition coefficient (Wildman–Crippen LogP) is 2.64. The summed E-state index contributed by atoms with van der Waals surface area (Å²) in [4.78, 5) is 11.7. The van der Waals surface area contributed by atoms with Crippen LogP contribution in [-0.2, 0) is 4.74 Å². The summed E-state index contributed by atoms with van der Waals surface area (Å²) >= 11 is 1.50. The Bertz CT molecular complexity index is 430. The minimum Gasteiger partial charge on any atom is -0.444 e. The fourth-order valence-corrected chi connectivity index (χ4v) is 2.90. The second-order valence-electron chi connectivity index (χ2n) is 6.07. The second-order valence-corrected chi connectivity index (χ2v) is 6.90. The Balaban J connectivity index is 1.78. The predicted molar refractivity (Wildman–Crippen MR) is 78.9 cm³/mol. The van der Waals surface area contributed by atoms with Crippen LogP contribution in [0.1, 0.15) is 40.0 Å². The van der Waals surface area contributed by atoms with Crippen molar-refractivity contribution in [1.29, 1.82) is 0 Å². The smallest absolute Gasteiger partial charge is 0.407 e. The van der Waals surface area contributed by atoms with Crippen LogP contribution in [0.4, 0.5) is 9.93 Å². The molecule has 1 aromatic heterocycles. The number of nitrogens with one attached hydrogen (secondary N) is 2. The van der Waals surface area contributed by atoms with Crippen molar-refractivity contribution in [3.63, 3.8) is 0 Å². The maximum atomic E-state index is 11.7. The van der Waals surface area contributed by atoms with Crippen LogP contribution in [-0.4, -0.2) is 34.5 Å². The SMILES string of the molecule is CC(C)(C)OC(=O)NCC1CCCC1Nc1nncs1. The van der Waals surface area contributed by atoms with Gasteiger partial charge in [-0.3, -0.25) is 0 Å². The van der Waals surface area contributed by atoms with Crippen molar-refractivity contribution in [3.8, 4) is 0 Å². The lowest BCUT2D eigenvalue weighted by Crippen LogP contribution is -2.38. The second kappa shape index (κ2) is 6.39. The van der Waals surface area contributed by atoms with Gasteiger partial charge in [-0.25, -0.2) is 4.79 Å². The first kappa shape index (κ1) is 15.0. The molecule has 20 heavy (non-hydrogen) atoms. The van der Waals surface area contributed by atoms with E-state index in [-0.39, 0.29) is 6.09 Å². The fourth-order valence-electron chi connectivity index (χ4n) is 2.39. The lowest BCUT2D eigenvalue weighted by atomic mass is 10.0. The first-order chi connectivity index (χ1) is 9.44. The van der Waals surface area contributed by atoms with E-state index < -0.39 is 5.60 Å². The zero-order valence-electron chi connectivity index (χ0n) is 12.2. The molecule has 1 saturated carbocycles. The van der Waals surface area contributed by atoms with Crippen LogP contribution in [0.2, 0.25) is 0 Å². The molecule has 6 nitrogen and oxygen atoms in total. The summed E-state index contributed by atoms with van der Waals surface area (Å²) in [6, 6.07) is 0.345. The molecule has 1 amide bonds. The van der Waals surface area contributed by atoms with E-state index in [0.29, 0.717) is 18.5 Å². The highest BCUT2D eigenvalue weighted by atomic mass is 32.1. The molecule has 0 spiro atoms. The number of nitrogens with zero attached hydrogens (tertiary/aromatic N) is 2. The van der Waals surface area contributed by atoms with Crippen molar-refractivity contribution >= 4 is 22.6 Å². The van der Waals surface area contributed by atoms with Gasteiger partial charge in [0.15, 0.2) is 0 Å². The molecule has 0 saturated heterocycles. The van der Waals surface area contributed by atoms with Gasteiger partial charge in [0.25, 0.3) is 0 Å². The molecule has 1 aliphatic carbocycles. The number of alkyl carbamates (subject to hydrolysis) is 1. The molecule has 0 aliphatic heterocycles. The fraction of sp³-hybridized carbons (Fsp3) is 0.769. The number of anilines is 1. The van der Waals surface area contributed by atoms with Crippen LogP contribution >= 0.6 is 11.3 Å².